The van der Waals surface area contributed by atoms with Crippen molar-refractivity contribution in [2.45, 2.75) is 18.0 Å². The second-order valence-corrected chi connectivity index (χ2v) is 9.32. The van der Waals surface area contributed by atoms with Crippen LogP contribution in [0.25, 0.3) is 10.9 Å². The highest BCUT2D eigenvalue weighted by Crippen LogP contribution is 2.25. The van der Waals surface area contributed by atoms with Gasteiger partial charge in [-0.1, -0.05) is 6.07 Å². The SMILES string of the molecule is Cc1ccc(Nc2nccc(Nc3n[nH]c4ccc(F)cc34)n2)cc1S(C)(=O)=O.O=C(O)C(F)(F)F. The molecular weight excluding hydrogens is 508 g/mol. The van der Waals surface area contributed by atoms with Gasteiger partial charge in [0.2, 0.25) is 5.95 Å². The van der Waals surface area contributed by atoms with Crippen molar-refractivity contribution in [3.05, 3.63) is 60.0 Å². The number of aliphatic carboxylic acids is 1. The van der Waals surface area contributed by atoms with E-state index in [1.54, 1.807) is 37.4 Å². The van der Waals surface area contributed by atoms with Crippen molar-refractivity contribution in [2.75, 3.05) is 16.9 Å². The van der Waals surface area contributed by atoms with Crippen molar-refractivity contribution < 1.29 is 35.9 Å². The van der Waals surface area contributed by atoms with Crippen molar-refractivity contribution in [3.63, 3.8) is 0 Å². The summed E-state index contributed by atoms with van der Waals surface area (Å²) in [7, 11) is -3.35. The summed E-state index contributed by atoms with van der Waals surface area (Å²) in [5, 5.41) is 20.7. The Hall–Kier alpha value is -4.27. The number of H-pyrrole nitrogens is 1. The molecule has 0 saturated carbocycles. The highest BCUT2D eigenvalue weighted by atomic mass is 32.2. The number of sulfone groups is 1. The number of hydrogen-bond donors (Lipinski definition) is 4. The normalized spacial score (nSPS) is 11.5. The summed E-state index contributed by atoms with van der Waals surface area (Å²) in [5.41, 5.74) is 1.89. The van der Waals surface area contributed by atoms with Gasteiger partial charge in [0.05, 0.1) is 10.4 Å². The molecule has 36 heavy (non-hydrogen) atoms. The highest BCUT2D eigenvalue weighted by Gasteiger charge is 2.38. The topological polar surface area (TPSA) is 150 Å². The molecule has 2 aromatic carbocycles. The lowest BCUT2D eigenvalue weighted by molar-refractivity contribution is -0.192. The quantitative estimate of drug-likeness (QED) is 0.279. The van der Waals surface area contributed by atoms with Crippen LogP contribution in [0.1, 0.15) is 5.56 Å². The van der Waals surface area contributed by atoms with Crippen LogP contribution in [0.3, 0.4) is 0 Å². The third kappa shape index (κ3) is 6.65. The summed E-state index contributed by atoms with van der Waals surface area (Å²) in [5.74, 6) is -1.99. The first-order valence-electron chi connectivity index (χ1n) is 9.85. The Bertz CT molecular complexity index is 1520. The molecule has 0 aliphatic rings. The Morgan fingerprint density at radius 1 is 1.08 bits per heavy atom. The maximum atomic E-state index is 13.5. The molecule has 0 fully saturated rings. The number of aryl methyl sites for hydroxylation is 1. The van der Waals surface area contributed by atoms with E-state index in [1.807, 2.05) is 0 Å². The second kappa shape index (κ2) is 10.2. The number of nitrogens with zero attached hydrogens (tertiary/aromatic N) is 3. The first kappa shape index (κ1) is 26.3. The molecule has 0 atom stereocenters. The standard InChI is InChI=1S/C19H17FN6O2S.C2HF3O2/c1-11-3-5-13(10-16(11)29(2,27)28)22-19-21-8-7-17(24-19)23-18-14-9-12(20)4-6-15(14)25-26-18;3-2(4,5)1(6)7/h3-10H,1-2H3,(H3,21,22,23,24,25,26);(H,6,7). The molecule has 0 radical (unpaired) electrons. The van der Waals surface area contributed by atoms with Gasteiger partial charge in [-0.2, -0.15) is 23.3 Å². The number of anilines is 4. The Morgan fingerprint density at radius 2 is 1.78 bits per heavy atom. The number of aromatic nitrogens is 4. The molecule has 0 amide bonds. The monoisotopic (exact) mass is 526 g/mol. The Labute approximate surface area is 201 Å². The molecule has 0 aliphatic carbocycles. The van der Waals surface area contributed by atoms with Gasteiger partial charge in [-0.05, 0) is 48.9 Å². The molecule has 15 heteroatoms. The van der Waals surface area contributed by atoms with Crippen molar-refractivity contribution in [1.29, 1.82) is 0 Å². The largest absolute Gasteiger partial charge is 0.490 e. The van der Waals surface area contributed by atoms with Gasteiger partial charge < -0.3 is 15.7 Å². The maximum Gasteiger partial charge on any atom is 0.490 e. The predicted octanol–water partition coefficient (Wildman–Crippen LogP) is 4.32. The van der Waals surface area contributed by atoms with Crippen molar-refractivity contribution in [2.24, 2.45) is 0 Å². The average molecular weight is 526 g/mol. The van der Waals surface area contributed by atoms with E-state index in [4.69, 9.17) is 9.90 Å². The van der Waals surface area contributed by atoms with Crippen LogP contribution in [0.5, 0.6) is 0 Å². The molecule has 190 valence electrons. The highest BCUT2D eigenvalue weighted by molar-refractivity contribution is 7.90. The van der Waals surface area contributed by atoms with Gasteiger partial charge in [0.25, 0.3) is 0 Å². The van der Waals surface area contributed by atoms with E-state index in [1.165, 1.54) is 18.2 Å². The van der Waals surface area contributed by atoms with Gasteiger partial charge in [-0.25, -0.2) is 22.6 Å². The minimum Gasteiger partial charge on any atom is -0.475 e. The molecule has 0 aliphatic heterocycles. The number of rotatable bonds is 5. The number of halogens is 4. The summed E-state index contributed by atoms with van der Waals surface area (Å²) in [6.45, 7) is 1.73. The van der Waals surface area contributed by atoms with Crippen LogP contribution in [0.2, 0.25) is 0 Å². The average Bonchev–Trinajstić information content (AvgIpc) is 3.16. The zero-order valence-corrected chi connectivity index (χ0v) is 19.4. The lowest BCUT2D eigenvalue weighted by Crippen LogP contribution is -2.21. The van der Waals surface area contributed by atoms with Gasteiger partial charge in [-0.3, -0.25) is 5.10 Å². The Morgan fingerprint density at radius 3 is 2.42 bits per heavy atom. The van der Waals surface area contributed by atoms with Crippen LogP contribution in [-0.4, -0.2) is 52.1 Å². The van der Waals surface area contributed by atoms with Gasteiger partial charge in [0.1, 0.15) is 11.6 Å². The summed E-state index contributed by atoms with van der Waals surface area (Å²) in [6, 6.07) is 11.0. The van der Waals surface area contributed by atoms with E-state index in [0.717, 1.165) is 6.26 Å². The van der Waals surface area contributed by atoms with Crippen molar-refractivity contribution in [1.82, 2.24) is 20.2 Å². The van der Waals surface area contributed by atoms with E-state index >= 15 is 0 Å². The summed E-state index contributed by atoms with van der Waals surface area (Å²) >= 11 is 0. The van der Waals surface area contributed by atoms with Gasteiger partial charge in [0.15, 0.2) is 15.7 Å². The molecule has 4 N–H and O–H groups in total. The minimum atomic E-state index is -5.08. The number of benzene rings is 2. The third-order valence-electron chi connectivity index (χ3n) is 4.51. The smallest absolute Gasteiger partial charge is 0.475 e. The maximum absolute atomic E-state index is 13.5. The number of hydrogen-bond acceptors (Lipinski definition) is 8. The van der Waals surface area contributed by atoms with Gasteiger partial charge in [-0.15, -0.1) is 0 Å². The first-order chi connectivity index (χ1) is 16.7. The van der Waals surface area contributed by atoms with E-state index in [9.17, 15) is 26.0 Å². The van der Waals surface area contributed by atoms with Crippen molar-refractivity contribution in [3.8, 4) is 0 Å². The molecule has 0 spiro atoms. The summed E-state index contributed by atoms with van der Waals surface area (Å²) < 4.78 is 69.1. The fraction of sp³-hybridized carbons (Fsp3) is 0.143. The number of carboxylic acids is 1. The summed E-state index contributed by atoms with van der Waals surface area (Å²) in [4.78, 5) is 17.6. The predicted molar refractivity (Wildman–Crippen MR) is 123 cm³/mol. The van der Waals surface area contributed by atoms with E-state index in [2.05, 4.69) is 30.8 Å². The minimum absolute atomic E-state index is 0.238. The van der Waals surface area contributed by atoms with Crippen LogP contribution in [0, 0.1) is 12.7 Å². The lowest BCUT2D eigenvalue weighted by Gasteiger charge is -2.10. The molecular formula is C21H18F4N6O4S. The number of fused-ring (bicyclic) bond motifs is 1. The van der Waals surface area contributed by atoms with E-state index < -0.39 is 22.0 Å². The van der Waals surface area contributed by atoms with Gasteiger partial charge >= 0.3 is 12.1 Å². The van der Waals surface area contributed by atoms with E-state index in [0.29, 0.717) is 33.8 Å². The fourth-order valence-corrected chi connectivity index (χ4v) is 3.89. The molecule has 2 heterocycles. The van der Waals surface area contributed by atoms with Crippen LogP contribution in [0.15, 0.2) is 53.6 Å². The second-order valence-electron chi connectivity index (χ2n) is 7.33. The zero-order valence-electron chi connectivity index (χ0n) is 18.6. The molecule has 10 nitrogen and oxygen atoms in total. The summed E-state index contributed by atoms with van der Waals surface area (Å²) in [6.07, 6.45) is -2.38. The molecule has 4 rings (SSSR count). The molecule has 0 bridgehead atoms. The fourth-order valence-electron chi connectivity index (χ4n) is 2.90. The number of alkyl halides is 3. The van der Waals surface area contributed by atoms with Crippen molar-refractivity contribution >= 4 is 50.0 Å². The molecule has 0 saturated heterocycles. The molecule has 0 unspecified atom stereocenters. The number of carbonyl (C=O) groups is 1. The third-order valence-corrected chi connectivity index (χ3v) is 5.75. The van der Waals surface area contributed by atoms with Crippen LogP contribution in [-0.2, 0) is 14.6 Å². The first-order valence-corrected chi connectivity index (χ1v) is 11.7. The molecule has 2 aromatic heterocycles. The Balaban J connectivity index is 0.000000454. The van der Waals surface area contributed by atoms with Crippen LogP contribution < -0.4 is 10.6 Å². The van der Waals surface area contributed by atoms with E-state index in [-0.39, 0.29) is 16.7 Å². The lowest BCUT2D eigenvalue weighted by atomic mass is 10.2. The number of carboxylic acid groups (broad SMARTS) is 1. The Kier molecular flexibility index (Phi) is 7.43. The van der Waals surface area contributed by atoms with Crippen LogP contribution in [0.4, 0.5) is 40.8 Å². The number of aromatic amines is 1. The van der Waals surface area contributed by atoms with Gasteiger partial charge in [0, 0.05) is 23.5 Å². The zero-order chi connectivity index (χ0) is 26.7. The number of nitrogens with one attached hydrogen (secondary N) is 3. The molecule has 4 aromatic rings. The van der Waals surface area contributed by atoms with Crippen LogP contribution >= 0.6 is 0 Å².